The maximum absolute atomic E-state index is 12.3. The summed E-state index contributed by atoms with van der Waals surface area (Å²) < 4.78 is 5.54. The molecule has 1 amide bonds. The van der Waals surface area contributed by atoms with Crippen molar-refractivity contribution in [1.82, 2.24) is 24.8 Å². The molecule has 0 aromatic carbocycles. The van der Waals surface area contributed by atoms with Crippen molar-refractivity contribution in [1.29, 1.82) is 0 Å². The van der Waals surface area contributed by atoms with Crippen LogP contribution in [0.15, 0.2) is 36.9 Å². The van der Waals surface area contributed by atoms with E-state index in [1.807, 2.05) is 37.9 Å². The van der Waals surface area contributed by atoms with Gasteiger partial charge in [0.2, 0.25) is 0 Å². The van der Waals surface area contributed by atoms with Gasteiger partial charge in [0.05, 0.1) is 11.9 Å². The molecule has 33 heavy (non-hydrogen) atoms. The van der Waals surface area contributed by atoms with E-state index in [0.29, 0.717) is 11.5 Å². The smallest absolute Gasteiger partial charge is 0.410 e. The molecule has 1 aliphatic carbocycles. The summed E-state index contributed by atoms with van der Waals surface area (Å²) in [7, 11) is 0. The maximum Gasteiger partial charge on any atom is 0.410 e. The lowest BCUT2D eigenvalue weighted by atomic mass is 9.78. The summed E-state index contributed by atoms with van der Waals surface area (Å²) in [4.78, 5) is 32.6. The Morgan fingerprint density at radius 3 is 2.58 bits per heavy atom. The van der Waals surface area contributed by atoms with Crippen LogP contribution in [0.5, 0.6) is 0 Å². The summed E-state index contributed by atoms with van der Waals surface area (Å²) in [6, 6.07) is 4.64. The van der Waals surface area contributed by atoms with Gasteiger partial charge in [0.15, 0.2) is 0 Å². The third-order valence-electron chi connectivity index (χ3n) is 7.14. The number of nitrogens with zero attached hydrogens (tertiary/aromatic N) is 6. The molecular formula is C25H34N6O2. The second-order valence-corrected chi connectivity index (χ2v) is 10.7. The van der Waals surface area contributed by atoms with Gasteiger partial charge in [-0.05, 0) is 52.2 Å². The predicted octanol–water partition coefficient (Wildman–Crippen LogP) is 3.45. The van der Waals surface area contributed by atoms with E-state index in [1.54, 1.807) is 18.6 Å². The van der Waals surface area contributed by atoms with Crippen molar-refractivity contribution < 1.29 is 9.53 Å². The van der Waals surface area contributed by atoms with Crippen molar-refractivity contribution in [3.8, 4) is 11.3 Å². The van der Waals surface area contributed by atoms with Gasteiger partial charge in [-0.3, -0.25) is 14.9 Å². The molecule has 1 spiro atoms. The summed E-state index contributed by atoms with van der Waals surface area (Å²) in [5.41, 5.74) is 1.76. The molecule has 5 rings (SSSR count). The van der Waals surface area contributed by atoms with Crippen LogP contribution in [0.25, 0.3) is 11.3 Å². The van der Waals surface area contributed by atoms with Gasteiger partial charge >= 0.3 is 6.09 Å². The van der Waals surface area contributed by atoms with Crippen LogP contribution in [0.1, 0.15) is 40.0 Å². The monoisotopic (exact) mass is 450 g/mol. The van der Waals surface area contributed by atoms with Crippen molar-refractivity contribution >= 4 is 11.9 Å². The Morgan fingerprint density at radius 2 is 1.88 bits per heavy atom. The number of carbonyl (C=O) groups excluding carboxylic acids is 1. The van der Waals surface area contributed by atoms with E-state index in [2.05, 4.69) is 30.8 Å². The third kappa shape index (κ3) is 4.67. The topological polar surface area (TPSA) is 74.7 Å². The highest BCUT2D eigenvalue weighted by molar-refractivity contribution is 5.72. The quantitative estimate of drug-likeness (QED) is 0.709. The van der Waals surface area contributed by atoms with Gasteiger partial charge < -0.3 is 14.5 Å². The minimum atomic E-state index is -0.432. The van der Waals surface area contributed by atoms with Crippen LogP contribution < -0.4 is 4.90 Å². The minimum Gasteiger partial charge on any atom is -0.444 e. The van der Waals surface area contributed by atoms with Crippen LogP contribution in [0.2, 0.25) is 0 Å². The van der Waals surface area contributed by atoms with E-state index in [9.17, 15) is 4.79 Å². The second kappa shape index (κ2) is 8.56. The molecule has 0 N–H and O–H groups in total. The Morgan fingerprint density at radius 1 is 1.09 bits per heavy atom. The molecule has 2 aromatic rings. The Kier molecular flexibility index (Phi) is 5.72. The van der Waals surface area contributed by atoms with Crippen molar-refractivity contribution in [3.05, 3.63) is 36.9 Å². The van der Waals surface area contributed by atoms with Crippen molar-refractivity contribution in [2.75, 3.05) is 44.2 Å². The zero-order chi connectivity index (χ0) is 23.1. The number of pyridine rings is 1. The molecule has 3 aliphatic rings. The summed E-state index contributed by atoms with van der Waals surface area (Å²) in [6.45, 7) is 11.4. The third-order valence-corrected chi connectivity index (χ3v) is 7.14. The summed E-state index contributed by atoms with van der Waals surface area (Å²) in [6.07, 6.45) is 10.5. The van der Waals surface area contributed by atoms with Crippen molar-refractivity contribution in [2.24, 2.45) is 5.41 Å². The number of piperazine rings is 1. The summed E-state index contributed by atoms with van der Waals surface area (Å²) in [5, 5.41) is 0. The maximum atomic E-state index is 12.3. The molecule has 8 nitrogen and oxygen atoms in total. The number of likely N-dealkylation sites (tertiary alicyclic amines) is 1. The molecule has 3 fully saturated rings. The molecular weight excluding hydrogens is 416 g/mol. The van der Waals surface area contributed by atoms with Gasteiger partial charge in [-0.1, -0.05) is 0 Å². The molecule has 176 valence electrons. The summed E-state index contributed by atoms with van der Waals surface area (Å²) >= 11 is 0. The van der Waals surface area contributed by atoms with E-state index >= 15 is 0 Å². The average molecular weight is 451 g/mol. The van der Waals surface area contributed by atoms with Gasteiger partial charge in [-0.15, -0.1) is 0 Å². The fourth-order valence-corrected chi connectivity index (χ4v) is 5.58. The molecule has 0 bridgehead atoms. The largest absolute Gasteiger partial charge is 0.444 e. The van der Waals surface area contributed by atoms with Gasteiger partial charge in [-0.25, -0.2) is 9.78 Å². The number of hydrogen-bond donors (Lipinski definition) is 0. The number of carbonyl (C=O) groups is 1. The molecule has 2 aliphatic heterocycles. The molecule has 2 aromatic heterocycles. The average Bonchev–Trinajstić information content (AvgIpc) is 3.24. The Hall–Kier alpha value is -2.74. The first-order valence-corrected chi connectivity index (χ1v) is 12.0. The fourth-order valence-electron chi connectivity index (χ4n) is 5.58. The van der Waals surface area contributed by atoms with Crippen LogP contribution in [0.4, 0.5) is 10.6 Å². The van der Waals surface area contributed by atoms with Crippen molar-refractivity contribution in [2.45, 2.75) is 51.7 Å². The fraction of sp³-hybridized carbons (Fsp3) is 0.600. The lowest BCUT2D eigenvalue weighted by molar-refractivity contribution is -0.0344. The standard InChI is InChI=1S/C25H34N6O2/c1-24(2,3)33-23(32)31-17-25(18-31)7-6-19(15-25)29-11-13-30(14-12-29)22-20(5-4-8-28-22)21-16-26-9-10-27-21/h4-5,8-10,16,19H,6-7,11-15,17-18H2,1-3H3. The normalized spacial score (nSPS) is 22.9. The van der Waals surface area contributed by atoms with Crippen LogP contribution in [0.3, 0.4) is 0 Å². The highest BCUT2D eigenvalue weighted by Crippen LogP contribution is 2.47. The molecule has 0 radical (unpaired) electrons. The minimum absolute atomic E-state index is 0.167. The number of rotatable bonds is 3. The molecule has 8 heteroatoms. The van der Waals surface area contributed by atoms with Crippen LogP contribution >= 0.6 is 0 Å². The van der Waals surface area contributed by atoms with Gasteiger partial charge in [0.1, 0.15) is 11.4 Å². The molecule has 2 saturated heterocycles. The Balaban J connectivity index is 1.16. The first-order chi connectivity index (χ1) is 15.8. The first-order valence-electron chi connectivity index (χ1n) is 12.0. The SMILES string of the molecule is CC(C)(C)OC(=O)N1CC2(CCC(N3CCN(c4ncccc4-c4cnccn4)CC3)C2)C1. The highest BCUT2D eigenvalue weighted by Gasteiger charge is 2.51. The lowest BCUT2D eigenvalue weighted by Crippen LogP contribution is -2.59. The lowest BCUT2D eigenvalue weighted by Gasteiger charge is -2.48. The number of aromatic nitrogens is 3. The van der Waals surface area contributed by atoms with E-state index in [4.69, 9.17) is 4.74 Å². The summed E-state index contributed by atoms with van der Waals surface area (Å²) in [5.74, 6) is 0.993. The highest BCUT2D eigenvalue weighted by atomic mass is 16.6. The van der Waals surface area contributed by atoms with Crippen LogP contribution in [0, 0.1) is 5.41 Å². The second-order valence-electron chi connectivity index (χ2n) is 10.7. The number of hydrogen-bond acceptors (Lipinski definition) is 7. The molecule has 1 unspecified atom stereocenters. The molecule has 4 heterocycles. The Labute approximate surface area is 196 Å². The van der Waals surface area contributed by atoms with Crippen molar-refractivity contribution in [3.63, 3.8) is 0 Å². The van der Waals surface area contributed by atoms with Gasteiger partial charge in [0, 0.05) is 74.9 Å². The number of amides is 1. The van der Waals surface area contributed by atoms with E-state index in [-0.39, 0.29) is 6.09 Å². The number of ether oxygens (including phenoxy) is 1. The van der Waals surface area contributed by atoms with Crippen LogP contribution in [-0.4, -0.2) is 81.8 Å². The van der Waals surface area contributed by atoms with Gasteiger partial charge in [0.25, 0.3) is 0 Å². The number of anilines is 1. The molecule has 1 saturated carbocycles. The Bertz CT molecular complexity index is 978. The first kappa shape index (κ1) is 22.1. The van der Waals surface area contributed by atoms with Gasteiger partial charge in [-0.2, -0.15) is 0 Å². The molecule has 1 atom stereocenters. The van der Waals surface area contributed by atoms with E-state index in [0.717, 1.165) is 56.3 Å². The van der Waals surface area contributed by atoms with E-state index < -0.39 is 5.60 Å². The zero-order valence-electron chi connectivity index (χ0n) is 19.9. The van der Waals surface area contributed by atoms with Crippen LogP contribution in [-0.2, 0) is 4.74 Å². The van der Waals surface area contributed by atoms with E-state index in [1.165, 1.54) is 19.3 Å². The zero-order valence-corrected chi connectivity index (χ0v) is 19.9. The predicted molar refractivity (Wildman–Crippen MR) is 127 cm³/mol.